The average molecular weight is 519 g/mol. The molecule has 38 heavy (non-hydrogen) atoms. The summed E-state index contributed by atoms with van der Waals surface area (Å²) < 4.78 is 21.6. The number of hydrogen-bond donors (Lipinski definition) is 0. The van der Waals surface area contributed by atoms with Crippen LogP contribution in [-0.2, 0) is 23.9 Å². The predicted octanol–water partition coefficient (Wildman–Crippen LogP) is 6.09. The number of esters is 3. The van der Waals surface area contributed by atoms with Crippen LogP contribution in [-0.4, -0.2) is 37.7 Å². The fourth-order valence-electron chi connectivity index (χ4n) is 4.20. The Morgan fingerprint density at radius 3 is 1.97 bits per heavy atom. The van der Waals surface area contributed by atoms with Crippen molar-refractivity contribution in [2.75, 3.05) is 13.7 Å². The van der Waals surface area contributed by atoms with E-state index in [-0.39, 0.29) is 30.2 Å². The molecule has 1 saturated carbocycles. The van der Waals surface area contributed by atoms with Crippen molar-refractivity contribution in [3.05, 3.63) is 84.5 Å². The highest BCUT2D eigenvalue weighted by atomic mass is 16.5. The van der Waals surface area contributed by atoms with Crippen molar-refractivity contribution >= 4 is 17.9 Å². The maximum Gasteiger partial charge on any atom is 0.341 e. The summed E-state index contributed by atoms with van der Waals surface area (Å²) in [4.78, 5) is 36.3. The van der Waals surface area contributed by atoms with Gasteiger partial charge in [-0.1, -0.05) is 37.9 Å². The molecule has 7 nitrogen and oxygen atoms in total. The molecule has 0 saturated heterocycles. The molecule has 2 aromatic carbocycles. The molecule has 0 atom stereocenters. The van der Waals surface area contributed by atoms with Gasteiger partial charge in [-0.2, -0.15) is 0 Å². The molecule has 1 aliphatic carbocycles. The van der Waals surface area contributed by atoms with E-state index in [0.717, 1.165) is 29.5 Å². The third-order valence-corrected chi connectivity index (χ3v) is 6.30. The van der Waals surface area contributed by atoms with Crippen LogP contribution in [0.4, 0.5) is 0 Å². The highest BCUT2D eigenvalue weighted by Crippen LogP contribution is 2.41. The SMILES string of the molecule is C=C(C)C(=O)Oc1ccc(-c2ccc(OC(=O)C(=C)COC)c(C3CCC(OC(=O)C(=C)C)CC3)c2)cc1. The first-order chi connectivity index (χ1) is 18.1. The zero-order valence-corrected chi connectivity index (χ0v) is 22.2. The Balaban J connectivity index is 1.85. The summed E-state index contributed by atoms with van der Waals surface area (Å²) in [5.74, 6) is -0.417. The van der Waals surface area contributed by atoms with Crippen molar-refractivity contribution in [2.45, 2.75) is 51.6 Å². The maximum absolute atomic E-state index is 12.6. The van der Waals surface area contributed by atoms with Gasteiger partial charge in [0.2, 0.25) is 0 Å². The largest absolute Gasteiger partial charge is 0.459 e. The minimum atomic E-state index is -0.548. The first-order valence-corrected chi connectivity index (χ1v) is 12.5. The second kappa shape index (κ2) is 13.0. The van der Waals surface area contributed by atoms with Gasteiger partial charge in [0.05, 0.1) is 12.2 Å². The summed E-state index contributed by atoms with van der Waals surface area (Å²) in [7, 11) is 1.49. The quantitative estimate of drug-likeness (QED) is 0.214. The van der Waals surface area contributed by atoms with Crippen molar-refractivity contribution in [3.63, 3.8) is 0 Å². The highest BCUT2D eigenvalue weighted by molar-refractivity contribution is 5.90. The number of carbonyl (C=O) groups is 3. The lowest BCUT2D eigenvalue weighted by Gasteiger charge is -2.29. The third-order valence-electron chi connectivity index (χ3n) is 6.30. The topological polar surface area (TPSA) is 88.1 Å². The van der Waals surface area contributed by atoms with Gasteiger partial charge in [0.1, 0.15) is 17.6 Å². The Labute approximate surface area is 223 Å². The standard InChI is InChI=1S/C31H34O7/c1-19(2)29(32)36-25-12-7-22(8-13-25)24-11-16-28(38-31(34)21(5)18-35-6)27(17-24)23-9-14-26(15-10-23)37-30(33)20(3)4/h7-8,11-13,16-17,23,26H,1,3,5,9-10,14-15,18H2,2,4,6H3. The van der Waals surface area contributed by atoms with E-state index in [9.17, 15) is 14.4 Å². The van der Waals surface area contributed by atoms with Crippen molar-refractivity contribution in [1.82, 2.24) is 0 Å². The van der Waals surface area contributed by atoms with Crippen molar-refractivity contribution in [2.24, 2.45) is 0 Å². The van der Waals surface area contributed by atoms with Crippen LogP contribution in [0.25, 0.3) is 11.1 Å². The van der Waals surface area contributed by atoms with Crippen LogP contribution in [0.5, 0.6) is 11.5 Å². The monoisotopic (exact) mass is 518 g/mol. The molecule has 0 radical (unpaired) electrons. The summed E-state index contributed by atoms with van der Waals surface area (Å²) in [6, 6.07) is 12.8. The number of ether oxygens (including phenoxy) is 4. The summed E-state index contributed by atoms with van der Waals surface area (Å²) in [6.07, 6.45) is 2.75. The molecule has 7 heteroatoms. The fourth-order valence-corrected chi connectivity index (χ4v) is 4.20. The molecule has 0 N–H and O–H groups in total. The molecule has 0 unspecified atom stereocenters. The average Bonchev–Trinajstić information content (AvgIpc) is 2.89. The van der Waals surface area contributed by atoms with Crippen molar-refractivity contribution in [3.8, 4) is 22.6 Å². The van der Waals surface area contributed by atoms with Gasteiger partial charge in [-0.25, -0.2) is 14.4 Å². The van der Waals surface area contributed by atoms with E-state index in [1.54, 1.807) is 32.0 Å². The van der Waals surface area contributed by atoms with Crippen LogP contribution in [0.3, 0.4) is 0 Å². The van der Waals surface area contributed by atoms with Gasteiger partial charge in [0.25, 0.3) is 0 Å². The normalized spacial score (nSPS) is 16.7. The van der Waals surface area contributed by atoms with Crippen LogP contribution < -0.4 is 9.47 Å². The molecular weight excluding hydrogens is 484 g/mol. The minimum Gasteiger partial charge on any atom is -0.459 e. The Kier molecular flexibility index (Phi) is 9.79. The molecule has 2 aromatic rings. The second-order valence-electron chi connectivity index (χ2n) is 9.53. The maximum atomic E-state index is 12.6. The Bertz CT molecular complexity index is 1230. The van der Waals surface area contributed by atoms with E-state index in [2.05, 4.69) is 19.7 Å². The molecule has 0 aliphatic heterocycles. The van der Waals surface area contributed by atoms with Crippen LogP contribution in [0.2, 0.25) is 0 Å². The number of methoxy groups -OCH3 is 1. The molecule has 0 heterocycles. The number of hydrogen-bond acceptors (Lipinski definition) is 7. The van der Waals surface area contributed by atoms with Gasteiger partial charge in [-0.3, -0.25) is 0 Å². The van der Waals surface area contributed by atoms with Gasteiger partial charge < -0.3 is 18.9 Å². The molecular formula is C31H34O7. The summed E-state index contributed by atoms with van der Waals surface area (Å²) >= 11 is 0. The van der Waals surface area contributed by atoms with Gasteiger partial charge in [-0.15, -0.1) is 0 Å². The lowest BCUT2D eigenvalue weighted by molar-refractivity contribution is -0.145. The van der Waals surface area contributed by atoms with Crippen LogP contribution in [0, 0.1) is 0 Å². The van der Waals surface area contributed by atoms with E-state index >= 15 is 0 Å². The van der Waals surface area contributed by atoms with E-state index in [1.165, 1.54) is 7.11 Å². The summed E-state index contributed by atoms with van der Waals surface area (Å²) in [5, 5.41) is 0. The Hall–Kier alpha value is -3.97. The van der Waals surface area contributed by atoms with Crippen molar-refractivity contribution in [1.29, 1.82) is 0 Å². The van der Waals surface area contributed by atoms with Crippen LogP contribution >= 0.6 is 0 Å². The Morgan fingerprint density at radius 1 is 0.789 bits per heavy atom. The first-order valence-electron chi connectivity index (χ1n) is 12.5. The zero-order valence-electron chi connectivity index (χ0n) is 22.2. The Morgan fingerprint density at radius 2 is 1.39 bits per heavy atom. The van der Waals surface area contributed by atoms with E-state index in [0.29, 0.717) is 35.5 Å². The lowest BCUT2D eigenvalue weighted by atomic mass is 9.81. The molecule has 1 fully saturated rings. The number of benzene rings is 2. The van der Waals surface area contributed by atoms with Crippen molar-refractivity contribution < 1.29 is 33.3 Å². The van der Waals surface area contributed by atoms with Crippen LogP contribution in [0.15, 0.2) is 78.9 Å². The van der Waals surface area contributed by atoms with E-state index < -0.39 is 11.9 Å². The predicted molar refractivity (Wildman–Crippen MR) is 145 cm³/mol. The molecule has 200 valence electrons. The minimum absolute atomic E-state index is 0.0771. The molecule has 0 bridgehead atoms. The molecule has 1 aliphatic rings. The van der Waals surface area contributed by atoms with Crippen LogP contribution in [0.1, 0.15) is 51.0 Å². The first kappa shape index (κ1) is 28.6. The van der Waals surface area contributed by atoms with Gasteiger partial charge in [0.15, 0.2) is 0 Å². The second-order valence-corrected chi connectivity index (χ2v) is 9.53. The summed E-state index contributed by atoms with van der Waals surface area (Å²) in [5.41, 5.74) is 3.64. The summed E-state index contributed by atoms with van der Waals surface area (Å²) in [6.45, 7) is 14.3. The lowest BCUT2D eigenvalue weighted by Crippen LogP contribution is -2.24. The fraction of sp³-hybridized carbons (Fsp3) is 0.323. The van der Waals surface area contributed by atoms with Gasteiger partial charge >= 0.3 is 17.9 Å². The third kappa shape index (κ3) is 7.52. The van der Waals surface area contributed by atoms with Gasteiger partial charge in [0, 0.05) is 18.3 Å². The zero-order chi connectivity index (χ0) is 27.8. The van der Waals surface area contributed by atoms with Gasteiger partial charge in [-0.05, 0) is 86.4 Å². The molecule has 0 spiro atoms. The molecule has 0 aromatic heterocycles. The van der Waals surface area contributed by atoms with E-state index in [4.69, 9.17) is 18.9 Å². The van der Waals surface area contributed by atoms with E-state index in [1.807, 2.05) is 24.3 Å². The molecule has 0 amide bonds. The number of carbonyl (C=O) groups excluding carboxylic acids is 3. The smallest absolute Gasteiger partial charge is 0.341 e. The number of rotatable bonds is 10. The molecule has 3 rings (SSSR count). The highest BCUT2D eigenvalue weighted by Gasteiger charge is 2.28.